The van der Waals surface area contributed by atoms with Crippen molar-refractivity contribution < 1.29 is 23.2 Å². The lowest BCUT2D eigenvalue weighted by Gasteiger charge is -2.20. The molecule has 0 radical (unpaired) electrons. The molecule has 0 fully saturated rings. The smallest absolute Gasteiger partial charge is 0.395 e. The Hall–Kier alpha value is 1.52. The topological polar surface area (TPSA) is 65.0 Å². The van der Waals surface area contributed by atoms with Crippen LogP contribution in [0.4, 0.5) is 0 Å². The van der Waals surface area contributed by atoms with Crippen molar-refractivity contribution in [1.82, 2.24) is 0 Å². The van der Waals surface area contributed by atoms with Crippen molar-refractivity contribution in [2.24, 2.45) is 0 Å². The van der Waals surface area contributed by atoms with Crippen LogP contribution in [0.5, 0.6) is 0 Å². The summed E-state index contributed by atoms with van der Waals surface area (Å²) in [5.74, 6) is 0.215. The van der Waals surface area contributed by atoms with Crippen molar-refractivity contribution in [3.8, 4) is 0 Å². The maximum atomic E-state index is 12.3. The van der Waals surface area contributed by atoms with Gasteiger partial charge < -0.3 is 5.11 Å². The first kappa shape index (κ1) is 21.5. The average Bonchev–Trinajstić information content (AvgIpc) is 2.47. The molecule has 122 valence electrons. The third-order valence-corrected chi connectivity index (χ3v) is 5.05. The molecule has 0 aromatic carbocycles. The molecule has 0 aliphatic heterocycles. The van der Waals surface area contributed by atoms with E-state index in [1.807, 2.05) is 0 Å². The molecule has 0 heterocycles. The summed E-state index contributed by atoms with van der Waals surface area (Å²) in [7, 11) is -3.90. The Balaban J connectivity index is 4.45. The highest BCUT2D eigenvalue weighted by molar-refractivity contribution is 7.48. The van der Waals surface area contributed by atoms with E-state index in [0.717, 1.165) is 0 Å². The fourth-order valence-electron chi connectivity index (χ4n) is 0.770. The molecule has 0 amide bonds. The summed E-state index contributed by atoms with van der Waals surface area (Å²) in [6.45, 7) is -0.845. The minimum absolute atomic E-state index is 0.107. The van der Waals surface area contributed by atoms with Crippen LogP contribution in [-0.2, 0) is 18.1 Å². The van der Waals surface area contributed by atoms with E-state index in [1.54, 1.807) is 0 Å². The van der Waals surface area contributed by atoms with E-state index in [-0.39, 0.29) is 38.2 Å². The van der Waals surface area contributed by atoms with Crippen LogP contribution in [0, 0.1) is 0 Å². The van der Waals surface area contributed by atoms with Crippen molar-refractivity contribution in [3.05, 3.63) is 0 Å². The molecule has 0 aliphatic carbocycles. The van der Waals surface area contributed by atoms with E-state index in [2.05, 4.69) is 0 Å². The summed E-state index contributed by atoms with van der Waals surface area (Å²) in [6, 6.07) is 0. The Labute approximate surface area is 143 Å². The molecule has 0 spiro atoms. The number of hydrogen-bond acceptors (Lipinski definition) is 5. The van der Waals surface area contributed by atoms with Crippen LogP contribution < -0.4 is 0 Å². The van der Waals surface area contributed by atoms with Crippen molar-refractivity contribution in [2.45, 2.75) is 16.1 Å². The zero-order valence-corrected chi connectivity index (χ0v) is 15.1. The highest BCUT2D eigenvalue weighted by atomic mass is 35.5. The zero-order valence-electron chi connectivity index (χ0n) is 10.4. The third-order valence-electron chi connectivity index (χ3n) is 1.77. The molecule has 0 saturated carbocycles. The van der Waals surface area contributed by atoms with Gasteiger partial charge in [0.2, 0.25) is 0 Å². The number of phosphoric ester groups is 1. The molecule has 0 aromatic rings. The van der Waals surface area contributed by atoms with Crippen LogP contribution in [0.1, 0.15) is 0 Å². The van der Waals surface area contributed by atoms with Gasteiger partial charge in [-0.25, -0.2) is 4.57 Å². The van der Waals surface area contributed by atoms with Crippen LogP contribution in [-0.4, -0.2) is 59.4 Å². The van der Waals surface area contributed by atoms with Crippen LogP contribution in [0.25, 0.3) is 0 Å². The minimum atomic E-state index is -3.90. The van der Waals surface area contributed by atoms with Crippen LogP contribution >= 0.6 is 65.8 Å². The average molecular weight is 412 g/mol. The Kier molecular flexibility index (Phi) is 12.9. The van der Waals surface area contributed by atoms with Gasteiger partial charge in [-0.3, -0.25) is 13.6 Å². The highest BCUT2D eigenvalue weighted by Gasteiger charge is 2.30. The van der Waals surface area contributed by atoms with Gasteiger partial charge in [-0.1, -0.05) is 0 Å². The Bertz CT molecular complexity index is 255. The first-order valence-corrected chi connectivity index (χ1v) is 9.39. The number of halogens is 5. The first-order valence-electron chi connectivity index (χ1n) is 5.55. The number of rotatable bonds is 12. The molecule has 1 N–H and O–H groups in total. The van der Waals surface area contributed by atoms with Gasteiger partial charge in [0.1, 0.15) is 0 Å². The van der Waals surface area contributed by atoms with Gasteiger partial charge in [0.25, 0.3) is 0 Å². The van der Waals surface area contributed by atoms with E-state index in [9.17, 15) is 4.57 Å². The summed E-state index contributed by atoms with van der Waals surface area (Å²) in [6.07, 6.45) is 0. The van der Waals surface area contributed by atoms with Crippen molar-refractivity contribution in [2.75, 3.05) is 38.2 Å². The quantitative estimate of drug-likeness (QED) is 0.393. The standard InChI is InChI=1S/C9H16Cl5O5P/c10-1-7(12)4-17-20(16,18-5-8(13)2-11)19-6-9(14)3-15/h7-9,15H,1-6H2. The van der Waals surface area contributed by atoms with E-state index < -0.39 is 24.0 Å². The second-order valence-electron chi connectivity index (χ2n) is 3.62. The number of phosphoric acid groups is 1. The lowest BCUT2D eigenvalue weighted by Crippen LogP contribution is -2.18. The van der Waals surface area contributed by atoms with E-state index >= 15 is 0 Å². The summed E-state index contributed by atoms with van der Waals surface area (Å²) in [5.41, 5.74) is 0. The monoisotopic (exact) mass is 410 g/mol. The molecule has 0 aliphatic rings. The maximum Gasteiger partial charge on any atom is 0.474 e. The molecule has 11 heteroatoms. The number of alkyl halides is 5. The molecule has 0 aromatic heterocycles. The van der Waals surface area contributed by atoms with E-state index in [1.165, 1.54) is 0 Å². The number of hydrogen-bond donors (Lipinski definition) is 1. The third kappa shape index (κ3) is 10.3. The Morgan fingerprint density at radius 2 is 1.20 bits per heavy atom. The number of aliphatic hydroxyl groups excluding tert-OH is 1. The molecular formula is C9H16Cl5O5P. The van der Waals surface area contributed by atoms with Gasteiger partial charge in [0, 0.05) is 11.8 Å². The normalized spacial score (nSPS) is 19.3. The molecule has 20 heavy (non-hydrogen) atoms. The molecule has 0 rings (SSSR count). The summed E-state index contributed by atoms with van der Waals surface area (Å²) in [5, 5.41) is 6.93. The van der Waals surface area contributed by atoms with Gasteiger partial charge in [-0.2, -0.15) is 0 Å². The second kappa shape index (κ2) is 12.0. The lowest BCUT2D eigenvalue weighted by molar-refractivity contribution is 0.109. The van der Waals surface area contributed by atoms with E-state index in [4.69, 9.17) is 76.7 Å². The van der Waals surface area contributed by atoms with Crippen LogP contribution in [0.3, 0.4) is 0 Å². The molecule has 3 unspecified atom stereocenters. The van der Waals surface area contributed by atoms with Crippen molar-refractivity contribution >= 4 is 65.8 Å². The second-order valence-corrected chi connectivity index (χ2v) is 7.76. The van der Waals surface area contributed by atoms with Gasteiger partial charge in [-0.05, 0) is 0 Å². The SMILES string of the molecule is O=P(OCC(Cl)CO)(OCC(Cl)CCl)OCC(Cl)CCl. The fraction of sp³-hybridized carbons (Fsp3) is 1.00. The van der Waals surface area contributed by atoms with Gasteiger partial charge in [-0.15, -0.1) is 58.0 Å². The predicted molar refractivity (Wildman–Crippen MR) is 82.9 cm³/mol. The highest BCUT2D eigenvalue weighted by Crippen LogP contribution is 2.50. The molecule has 0 bridgehead atoms. The first-order chi connectivity index (χ1) is 9.36. The van der Waals surface area contributed by atoms with Crippen molar-refractivity contribution in [1.29, 1.82) is 0 Å². The largest absolute Gasteiger partial charge is 0.474 e. The Morgan fingerprint density at radius 1 is 0.850 bits per heavy atom. The number of aliphatic hydroxyl groups is 1. The maximum absolute atomic E-state index is 12.3. The lowest BCUT2D eigenvalue weighted by atomic mass is 10.5. The summed E-state index contributed by atoms with van der Waals surface area (Å²) < 4.78 is 27.3. The summed E-state index contributed by atoms with van der Waals surface area (Å²) in [4.78, 5) is 0. The summed E-state index contributed by atoms with van der Waals surface area (Å²) >= 11 is 28.2. The van der Waals surface area contributed by atoms with Gasteiger partial charge in [0.15, 0.2) is 0 Å². The Morgan fingerprint density at radius 3 is 1.50 bits per heavy atom. The van der Waals surface area contributed by atoms with E-state index in [0.29, 0.717) is 0 Å². The minimum Gasteiger partial charge on any atom is -0.395 e. The molecule has 0 saturated heterocycles. The van der Waals surface area contributed by atoms with Crippen LogP contribution in [0.15, 0.2) is 0 Å². The fourth-order valence-corrected chi connectivity index (χ4v) is 2.71. The molecule has 3 atom stereocenters. The molecular weight excluding hydrogens is 396 g/mol. The van der Waals surface area contributed by atoms with Crippen molar-refractivity contribution in [3.63, 3.8) is 0 Å². The van der Waals surface area contributed by atoms with Gasteiger partial charge >= 0.3 is 7.82 Å². The predicted octanol–water partition coefficient (Wildman–Crippen LogP) is 3.44. The molecule has 5 nitrogen and oxygen atoms in total. The van der Waals surface area contributed by atoms with Crippen LogP contribution in [0.2, 0.25) is 0 Å². The zero-order chi connectivity index (χ0) is 15.6. The van der Waals surface area contributed by atoms with Gasteiger partial charge in [0.05, 0.1) is 42.6 Å².